The molecule has 1 atom stereocenters. The first kappa shape index (κ1) is 22.0. The molecule has 152 valence electrons. The molecular weight excluding hydrogens is 482 g/mol. The molecule has 3 aromatic rings. The standard InChI is InChI=1S/C19H12Cl4O5S/c20-12-3-1-10(2-4-12)19(29(26,27)28,14-6-5-13(24)9-15(14)21)11-7-16(22)18(25)17(23)8-11/h1-9,24-25H,(H,26,27,28). The lowest BCUT2D eigenvalue weighted by Gasteiger charge is -2.33. The zero-order chi connectivity index (χ0) is 21.6. The lowest BCUT2D eigenvalue weighted by atomic mass is 9.83. The Morgan fingerprint density at radius 2 is 1.28 bits per heavy atom. The van der Waals surface area contributed by atoms with Gasteiger partial charge in [-0.2, -0.15) is 8.42 Å². The van der Waals surface area contributed by atoms with Crippen LogP contribution < -0.4 is 0 Å². The summed E-state index contributed by atoms with van der Waals surface area (Å²) >= 11 is 24.3. The molecule has 0 aliphatic rings. The van der Waals surface area contributed by atoms with E-state index in [0.29, 0.717) is 5.02 Å². The van der Waals surface area contributed by atoms with Gasteiger partial charge in [-0.15, -0.1) is 0 Å². The molecule has 0 aromatic heterocycles. The van der Waals surface area contributed by atoms with Crippen molar-refractivity contribution in [3.05, 3.63) is 91.4 Å². The molecule has 29 heavy (non-hydrogen) atoms. The van der Waals surface area contributed by atoms with Gasteiger partial charge in [0.05, 0.1) is 10.0 Å². The van der Waals surface area contributed by atoms with Crippen LogP contribution in [-0.2, 0) is 14.9 Å². The van der Waals surface area contributed by atoms with Crippen LogP contribution in [0.4, 0.5) is 0 Å². The molecule has 0 bridgehead atoms. The molecule has 10 heteroatoms. The van der Waals surface area contributed by atoms with E-state index in [4.69, 9.17) is 46.4 Å². The van der Waals surface area contributed by atoms with E-state index in [1.165, 1.54) is 36.4 Å². The molecule has 0 aliphatic carbocycles. The third-order valence-corrected chi connectivity index (χ3v) is 7.00. The highest BCUT2D eigenvalue weighted by molar-refractivity contribution is 7.87. The van der Waals surface area contributed by atoms with Gasteiger partial charge in [-0.3, -0.25) is 4.55 Å². The van der Waals surface area contributed by atoms with E-state index < -0.39 is 20.6 Å². The highest BCUT2D eigenvalue weighted by atomic mass is 35.5. The minimum atomic E-state index is -4.99. The molecule has 0 fully saturated rings. The van der Waals surface area contributed by atoms with E-state index in [1.54, 1.807) is 0 Å². The maximum absolute atomic E-state index is 12.9. The van der Waals surface area contributed by atoms with Crippen molar-refractivity contribution in [3.8, 4) is 11.5 Å². The van der Waals surface area contributed by atoms with Crippen molar-refractivity contribution in [2.45, 2.75) is 4.75 Å². The first-order valence-corrected chi connectivity index (χ1v) is 10.8. The van der Waals surface area contributed by atoms with Gasteiger partial charge in [0.1, 0.15) is 5.75 Å². The molecular formula is C19H12Cl4O5S. The molecule has 0 radical (unpaired) electrons. The molecule has 3 N–H and O–H groups in total. The minimum Gasteiger partial charge on any atom is -0.508 e. The number of phenolic OH excluding ortho intramolecular Hbond substituents is 2. The second-order valence-corrected chi connectivity index (χ2v) is 9.34. The fraction of sp³-hybridized carbons (Fsp3) is 0.0526. The van der Waals surface area contributed by atoms with E-state index in [0.717, 1.165) is 18.2 Å². The molecule has 3 rings (SSSR count). The van der Waals surface area contributed by atoms with Crippen LogP contribution in [0, 0.1) is 0 Å². The summed E-state index contributed by atoms with van der Waals surface area (Å²) in [5.74, 6) is -0.657. The molecule has 0 heterocycles. The summed E-state index contributed by atoms with van der Waals surface area (Å²) in [4.78, 5) is 0. The zero-order valence-electron chi connectivity index (χ0n) is 14.3. The highest BCUT2D eigenvalue weighted by Crippen LogP contribution is 2.49. The number of hydrogen-bond acceptors (Lipinski definition) is 4. The maximum atomic E-state index is 12.9. The predicted molar refractivity (Wildman–Crippen MR) is 114 cm³/mol. The Bertz CT molecular complexity index is 1170. The van der Waals surface area contributed by atoms with Crippen molar-refractivity contribution in [1.29, 1.82) is 0 Å². The summed E-state index contributed by atoms with van der Waals surface area (Å²) in [6, 6.07) is 11.6. The van der Waals surface area contributed by atoms with Gasteiger partial charge in [0, 0.05) is 15.6 Å². The summed E-state index contributed by atoms with van der Waals surface area (Å²) in [7, 11) is -4.99. The van der Waals surface area contributed by atoms with E-state index >= 15 is 0 Å². The number of aromatic hydroxyl groups is 2. The van der Waals surface area contributed by atoms with Crippen LogP contribution in [0.25, 0.3) is 0 Å². The normalized spacial score (nSPS) is 13.8. The van der Waals surface area contributed by atoms with Gasteiger partial charge in [-0.05, 0) is 47.5 Å². The van der Waals surface area contributed by atoms with Crippen molar-refractivity contribution in [3.63, 3.8) is 0 Å². The van der Waals surface area contributed by atoms with Crippen molar-refractivity contribution in [2.24, 2.45) is 0 Å². The quantitative estimate of drug-likeness (QED) is 0.311. The van der Waals surface area contributed by atoms with Gasteiger partial charge in [-0.25, -0.2) is 0 Å². The predicted octanol–water partition coefficient (Wildman–Crippen LogP) is 5.89. The SMILES string of the molecule is O=S(=O)(O)C(c1ccc(Cl)cc1)(c1cc(Cl)c(O)c(Cl)c1)c1ccc(O)cc1Cl. The Labute approximate surface area is 186 Å². The third-order valence-electron chi connectivity index (χ3n) is 4.39. The molecule has 1 unspecified atom stereocenters. The smallest absolute Gasteiger partial charge is 0.283 e. The number of phenols is 2. The molecule has 0 saturated heterocycles. The Balaban J connectivity index is 2.56. The molecule has 3 aromatic carbocycles. The van der Waals surface area contributed by atoms with E-state index in [-0.39, 0.29) is 37.5 Å². The van der Waals surface area contributed by atoms with Crippen LogP contribution in [0.15, 0.2) is 54.6 Å². The van der Waals surface area contributed by atoms with E-state index in [9.17, 15) is 23.2 Å². The number of rotatable bonds is 4. The molecule has 0 saturated carbocycles. The summed E-state index contributed by atoms with van der Waals surface area (Å²) < 4.78 is 34.1. The number of hydrogen-bond donors (Lipinski definition) is 3. The fourth-order valence-corrected chi connectivity index (χ4v) is 5.45. The second kappa shape index (κ2) is 7.87. The summed E-state index contributed by atoms with van der Waals surface area (Å²) in [5, 5.41) is 19.4. The van der Waals surface area contributed by atoms with Gasteiger partial charge >= 0.3 is 0 Å². The second-order valence-electron chi connectivity index (χ2n) is 6.12. The third kappa shape index (κ3) is 3.77. The van der Waals surface area contributed by atoms with Crippen LogP contribution in [0.5, 0.6) is 11.5 Å². The summed E-state index contributed by atoms with van der Waals surface area (Å²) in [6.07, 6.45) is 0. The monoisotopic (exact) mass is 492 g/mol. The van der Waals surface area contributed by atoms with Crippen LogP contribution in [0.3, 0.4) is 0 Å². The topological polar surface area (TPSA) is 94.8 Å². The largest absolute Gasteiger partial charge is 0.508 e. The number of benzene rings is 3. The molecule has 0 amide bonds. The minimum absolute atomic E-state index is 0.0698. The van der Waals surface area contributed by atoms with Gasteiger partial charge in [0.25, 0.3) is 10.1 Å². The average molecular weight is 494 g/mol. The zero-order valence-corrected chi connectivity index (χ0v) is 18.1. The highest BCUT2D eigenvalue weighted by Gasteiger charge is 2.50. The molecule has 0 aliphatic heterocycles. The van der Waals surface area contributed by atoms with Gasteiger partial charge in [0.2, 0.25) is 0 Å². The van der Waals surface area contributed by atoms with Gasteiger partial charge in [-0.1, -0.05) is 64.6 Å². The average Bonchev–Trinajstić information content (AvgIpc) is 2.62. The van der Waals surface area contributed by atoms with Crippen LogP contribution in [0.1, 0.15) is 16.7 Å². The van der Waals surface area contributed by atoms with Gasteiger partial charge < -0.3 is 10.2 Å². The van der Waals surface area contributed by atoms with Crippen LogP contribution >= 0.6 is 46.4 Å². The summed E-state index contributed by atoms with van der Waals surface area (Å²) in [6.45, 7) is 0. The maximum Gasteiger partial charge on any atom is 0.283 e. The van der Waals surface area contributed by atoms with Gasteiger partial charge in [0.15, 0.2) is 10.5 Å². The lowest BCUT2D eigenvalue weighted by Crippen LogP contribution is -2.38. The first-order chi connectivity index (χ1) is 13.5. The van der Waals surface area contributed by atoms with Crippen LogP contribution in [0.2, 0.25) is 20.1 Å². The van der Waals surface area contributed by atoms with Crippen molar-refractivity contribution in [1.82, 2.24) is 0 Å². The Morgan fingerprint density at radius 1 is 0.724 bits per heavy atom. The Kier molecular flexibility index (Phi) is 5.98. The number of halogens is 4. The summed E-state index contributed by atoms with van der Waals surface area (Å²) in [5.41, 5.74) is -0.0721. The molecule has 5 nitrogen and oxygen atoms in total. The lowest BCUT2D eigenvalue weighted by molar-refractivity contribution is 0.456. The Morgan fingerprint density at radius 3 is 1.76 bits per heavy atom. The van der Waals surface area contributed by atoms with E-state index in [2.05, 4.69) is 0 Å². The van der Waals surface area contributed by atoms with Crippen LogP contribution in [-0.4, -0.2) is 23.2 Å². The van der Waals surface area contributed by atoms with Crippen molar-refractivity contribution >= 4 is 56.5 Å². The Hall–Kier alpha value is -1.67. The fourth-order valence-electron chi connectivity index (χ4n) is 3.16. The first-order valence-electron chi connectivity index (χ1n) is 7.89. The van der Waals surface area contributed by atoms with Crippen molar-refractivity contribution in [2.75, 3.05) is 0 Å². The molecule has 0 spiro atoms. The van der Waals surface area contributed by atoms with Crippen molar-refractivity contribution < 1.29 is 23.2 Å². The van der Waals surface area contributed by atoms with E-state index in [1.807, 2.05) is 0 Å².